The van der Waals surface area contributed by atoms with Crippen molar-refractivity contribution in [1.29, 1.82) is 0 Å². The zero-order valence-electron chi connectivity index (χ0n) is 6.36. The Bertz CT molecular complexity index is 171. The molecule has 1 aliphatic rings. The molecular formula is C7H10Br3ClO. The van der Waals surface area contributed by atoms with Gasteiger partial charge in [0.15, 0.2) is 2.14 Å². The molecule has 1 saturated carbocycles. The van der Waals surface area contributed by atoms with Crippen LogP contribution in [-0.4, -0.2) is 18.2 Å². The summed E-state index contributed by atoms with van der Waals surface area (Å²) in [6.07, 6.45) is 3.69. The second-order valence-corrected chi connectivity index (χ2v) is 10.4. The number of aliphatic hydroxyl groups is 1. The van der Waals surface area contributed by atoms with Crippen LogP contribution in [0.5, 0.6) is 0 Å². The Kier molecular flexibility index (Phi) is 3.97. The van der Waals surface area contributed by atoms with Crippen molar-refractivity contribution in [2.75, 3.05) is 0 Å². The van der Waals surface area contributed by atoms with E-state index >= 15 is 0 Å². The van der Waals surface area contributed by atoms with Gasteiger partial charge in [-0.1, -0.05) is 60.6 Å². The van der Waals surface area contributed by atoms with E-state index < -0.39 is 7.74 Å². The summed E-state index contributed by atoms with van der Waals surface area (Å²) >= 11 is 16.1. The molecule has 0 amide bonds. The predicted molar refractivity (Wildman–Crippen MR) is 62.6 cm³/mol. The van der Waals surface area contributed by atoms with Crippen molar-refractivity contribution >= 4 is 59.4 Å². The monoisotopic (exact) mass is 382 g/mol. The normalized spacial score (nSPS) is 38.2. The van der Waals surface area contributed by atoms with E-state index in [1.807, 2.05) is 0 Å². The molecule has 0 unspecified atom stereocenters. The standard InChI is InChI=1S/C7H10Br3ClO/c8-7(9,10)6(12)4-2-1-3-5(6)11/h5,12H,1-4H2/t5-,6-/m0/s1. The smallest absolute Gasteiger partial charge is 0.164 e. The van der Waals surface area contributed by atoms with Crippen LogP contribution < -0.4 is 0 Å². The molecule has 5 heteroatoms. The molecule has 1 aliphatic carbocycles. The highest BCUT2D eigenvalue weighted by Crippen LogP contribution is 2.51. The van der Waals surface area contributed by atoms with Crippen LogP contribution >= 0.6 is 59.4 Å². The number of hydrogen-bond acceptors (Lipinski definition) is 1. The average Bonchev–Trinajstić information content (AvgIpc) is 1.93. The van der Waals surface area contributed by atoms with E-state index in [1.165, 1.54) is 0 Å². The lowest BCUT2D eigenvalue weighted by Crippen LogP contribution is -2.51. The molecule has 0 aromatic rings. The highest BCUT2D eigenvalue weighted by molar-refractivity contribution is 9.39. The van der Waals surface area contributed by atoms with E-state index in [-0.39, 0.29) is 5.38 Å². The minimum absolute atomic E-state index is 0.204. The van der Waals surface area contributed by atoms with E-state index in [2.05, 4.69) is 47.8 Å². The van der Waals surface area contributed by atoms with Crippen LogP contribution in [0, 0.1) is 0 Å². The SMILES string of the molecule is O[C@@]1(C(Br)(Br)Br)CCCC[C@@H]1Cl. The van der Waals surface area contributed by atoms with Crippen molar-refractivity contribution in [3.05, 3.63) is 0 Å². The molecule has 0 aromatic heterocycles. The van der Waals surface area contributed by atoms with Crippen molar-refractivity contribution < 1.29 is 5.11 Å². The van der Waals surface area contributed by atoms with Crippen LogP contribution in [-0.2, 0) is 0 Å². The molecule has 0 heterocycles. The van der Waals surface area contributed by atoms with Crippen molar-refractivity contribution in [2.45, 2.75) is 38.8 Å². The number of rotatable bonds is 0. The summed E-state index contributed by atoms with van der Waals surface area (Å²) in [5, 5.41) is 10.00. The molecule has 0 spiro atoms. The fraction of sp³-hybridized carbons (Fsp3) is 1.00. The van der Waals surface area contributed by atoms with Gasteiger partial charge in [-0.05, 0) is 12.8 Å². The Labute approximate surface area is 103 Å². The average molecular weight is 385 g/mol. The first kappa shape index (κ1) is 11.8. The van der Waals surface area contributed by atoms with E-state index in [1.54, 1.807) is 0 Å². The third-order valence-electron chi connectivity index (χ3n) is 2.27. The van der Waals surface area contributed by atoms with Gasteiger partial charge in [-0.25, -0.2) is 0 Å². The molecule has 72 valence electrons. The Morgan fingerprint density at radius 3 is 2.25 bits per heavy atom. The van der Waals surface area contributed by atoms with Gasteiger partial charge in [0, 0.05) is 0 Å². The maximum Gasteiger partial charge on any atom is 0.164 e. The Hall–Kier alpha value is 1.69. The van der Waals surface area contributed by atoms with Gasteiger partial charge in [-0.2, -0.15) is 0 Å². The van der Waals surface area contributed by atoms with E-state index in [9.17, 15) is 5.11 Å². The number of alkyl halides is 4. The lowest BCUT2D eigenvalue weighted by molar-refractivity contribution is 0.0215. The van der Waals surface area contributed by atoms with E-state index in [4.69, 9.17) is 11.6 Å². The maximum absolute atomic E-state index is 10.2. The second-order valence-electron chi connectivity index (χ2n) is 3.14. The zero-order valence-corrected chi connectivity index (χ0v) is 11.9. The third kappa shape index (κ3) is 2.19. The molecule has 0 bridgehead atoms. The molecule has 1 N–H and O–H groups in total. The van der Waals surface area contributed by atoms with Gasteiger partial charge in [0.25, 0.3) is 0 Å². The zero-order chi connectivity index (χ0) is 9.41. The van der Waals surface area contributed by atoms with Gasteiger partial charge >= 0.3 is 0 Å². The third-order valence-corrected chi connectivity index (χ3v) is 4.91. The summed E-state index contributed by atoms with van der Waals surface area (Å²) in [6, 6.07) is 0. The first-order valence-electron chi connectivity index (χ1n) is 3.81. The largest absolute Gasteiger partial charge is 0.385 e. The minimum Gasteiger partial charge on any atom is -0.385 e. The topological polar surface area (TPSA) is 20.2 Å². The Morgan fingerprint density at radius 2 is 1.92 bits per heavy atom. The Morgan fingerprint density at radius 1 is 1.33 bits per heavy atom. The number of hydrogen-bond donors (Lipinski definition) is 1. The first-order valence-corrected chi connectivity index (χ1v) is 6.62. The molecule has 1 fully saturated rings. The van der Waals surface area contributed by atoms with Crippen LogP contribution in [0.4, 0.5) is 0 Å². The van der Waals surface area contributed by atoms with Crippen molar-refractivity contribution in [3.63, 3.8) is 0 Å². The molecule has 1 nitrogen and oxygen atoms in total. The molecule has 2 atom stereocenters. The highest BCUT2D eigenvalue weighted by Gasteiger charge is 2.51. The highest BCUT2D eigenvalue weighted by atomic mass is 80.0. The van der Waals surface area contributed by atoms with Gasteiger partial charge in [0.1, 0.15) is 5.60 Å². The predicted octanol–water partition coefficient (Wildman–Crippen LogP) is 3.74. The molecule has 0 aliphatic heterocycles. The van der Waals surface area contributed by atoms with Crippen molar-refractivity contribution in [3.8, 4) is 0 Å². The molecule has 0 saturated heterocycles. The fourth-order valence-electron chi connectivity index (χ4n) is 1.43. The lowest BCUT2D eigenvalue weighted by atomic mass is 9.86. The molecule has 0 radical (unpaired) electrons. The summed E-state index contributed by atoms with van der Waals surface area (Å²) in [7, 11) is 0. The number of halogens is 4. The van der Waals surface area contributed by atoms with Crippen molar-refractivity contribution in [1.82, 2.24) is 0 Å². The summed E-state index contributed by atoms with van der Waals surface area (Å²) in [5.74, 6) is 0. The summed E-state index contributed by atoms with van der Waals surface area (Å²) < 4.78 is -0.660. The quantitative estimate of drug-likeness (QED) is 0.630. The first-order chi connectivity index (χ1) is 5.38. The van der Waals surface area contributed by atoms with Crippen LogP contribution in [0.25, 0.3) is 0 Å². The summed E-state index contributed by atoms with van der Waals surface area (Å²) in [4.78, 5) is 0. The fourth-order valence-corrected chi connectivity index (χ4v) is 3.68. The van der Waals surface area contributed by atoms with E-state index in [0.29, 0.717) is 6.42 Å². The van der Waals surface area contributed by atoms with Crippen molar-refractivity contribution in [2.24, 2.45) is 0 Å². The summed E-state index contributed by atoms with van der Waals surface area (Å²) in [6.45, 7) is 0. The molecule has 0 aromatic carbocycles. The molecular weight excluding hydrogens is 375 g/mol. The van der Waals surface area contributed by atoms with Crippen LogP contribution in [0.15, 0.2) is 0 Å². The second kappa shape index (κ2) is 4.05. The van der Waals surface area contributed by atoms with Crippen LogP contribution in [0.1, 0.15) is 25.7 Å². The van der Waals surface area contributed by atoms with Crippen LogP contribution in [0.3, 0.4) is 0 Å². The van der Waals surface area contributed by atoms with Gasteiger partial charge < -0.3 is 5.11 Å². The summed E-state index contributed by atoms with van der Waals surface area (Å²) in [5.41, 5.74) is -0.910. The molecule has 12 heavy (non-hydrogen) atoms. The molecule has 1 rings (SSSR count). The lowest BCUT2D eigenvalue weighted by Gasteiger charge is -2.42. The van der Waals surface area contributed by atoms with Gasteiger partial charge in [-0.3, -0.25) is 0 Å². The van der Waals surface area contributed by atoms with Gasteiger partial charge in [0.2, 0.25) is 0 Å². The Balaban J connectivity index is 2.79. The van der Waals surface area contributed by atoms with E-state index in [0.717, 1.165) is 19.3 Å². The van der Waals surface area contributed by atoms with Gasteiger partial charge in [-0.15, -0.1) is 11.6 Å². The van der Waals surface area contributed by atoms with Crippen LogP contribution in [0.2, 0.25) is 0 Å². The minimum atomic E-state index is -0.910. The maximum atomic E-state index is 10.2. The van der Waals surface area contributed by atoms with Gasteiger partial charge in [0.05, 0.1) is 5.38 Å².